The Morgan fingerprint density at radius 1 is 1.24 bits per heavy atom. The van der Waals surface area contributed by atoms with E-state index in [1.165, 1.54) is 11.0 Å². The molecular formula is C14H20ClF3N2O. The van der Waals surface area contributed by atoms with E-state index in [4.69, 9.17) is 4.74 Å². The molecular weight excluding hydrogens is 305 g/mol. The van der Waals surface area contributed by atoms with Crippen LogP contribution in [0.15, 0.2) is 24.3 Å². The molecule has 0 radical (unpaired) electrons. The number of alkyl halides is 3. The van der Waals surface area contributed by atoms with Crippen molar-refractivity contribution in [3.05, 3.63) is 29.8 Å². The number of piperazine rings is 1. The van der Waals surface area contributed by atoms with Crippen LogP contribution in [0.3, 0.4) is 0 Å². The normalized spacial score (nSPS) is 17.9. The summed E-state index contributed by atoms with van der Waals surface area (Å²) in [5.41, 5.74) is 0.198. The van der Waals surface area contributed by atoms with Crippen LogP contribution in [-0.2, 0) is 0 Å². The molecule has 120 valence electrons. The molecule has 0 unspecified atom stereocenters. The second kappa shape index (κ2) is 7.87. The van der Waals surface area contributed by atoms with Gasteiger partial charge in [0, 0.05) is 31.7 Å². The fraction of sp³-hybridized carbons (Fsp3) is 0.571. The minimum atomic E-state index is -4.31. The van der Waals surface area contributed by atoms with Crippen molar-refractivity contribution in [2.45, 2.75) is 19.1 Å². The minimum absolute atomic E-state index is 0. The predicted molar refractivity (Wildman–Crippen MR) is 78.1 cm³/mol. The van der Waals surface area contributed by atoms with Crippen molar-refractivity contribution in [2.24, 2.45) is 0 Å². The van der Waals surface area contributed by atoms with Gasteiger partial charge in [0.1, 0.15) is 11.8 Å². The van der Waals surface area contributed by atoms with E-state index in [0.717, 1.165) is 0 Å². The molecule has 1 aliphatic rings. The molecule has 0 aliphatic carbocycles. The highest BCUT2D eigenvalue weighted by Gasteiger charge is 2.46. The Morgan fingerprint density at radius 2 is 1.86 bits per heavy atom. The lowest BCUT2D eigenvalue weighted by molar-refractivity contribution is -0.188. The van der Waals surface area contributed by atoms with Gasteiger partial charge in [-0.15, -0.1) is 12.4 Å². The Balaban J connectivity index is 0.00000220. The van der Waals surface area contributed by atoms with Gasteiger partial charge in [-0.25, -0.2) is 0 Å². The maximum atomic E-state index is 13.5. The molecule has 1 heterocycles. The summed E-state index contributed by atoms with van der Waals surface area (Å²) < 4.78 is 45.8. The summed E-state index contributed by atoms with van der Waals surface area (Å²) >= 11 is 0. The highest BCUT2D eigenvalue weighted by molar-refractivity contribution is 5.85. The SMILES string of the molecule is CCOc1ccccc1[C@@H](N1CCNCC1)C(F)(F)F.Cl. The molecule has 2 rings (SSSR count). The van der Waals surface area contributed by atoms with Crippen molar-refractivity contribution in [3.63, 3.8) is 0 Å². The zero-order valence-corrected chi connectivity index (χ0v) is 12.6. The third kappa shape index (κ3) is 4.49. The maximum absolute atomic E-state index is 13.5. The van der Waals surface area contributed by atoms with Crippen LogP contribution in [0.1, 0.15) is 18.5 Å². The van der Waals surface area contributed by atoms with Gasteiger partial charge in [-0.1, -0.05) is 18.2 Å². The summed E-state index contributed by atoms with van der Waals surface area (Å²) in [6.07, 6.45) is -4.31. The summed E-state index contributed by atoms with van der Waals surface area (Å²) in [4.78, 5) is 1.47. The Morgan fingerprint density at radius 3 is 2.43 bits per heavy atom. The zero-order chi connectivity index (χ0) is 14.6. The summed E-state index contributed by atoms with van der Waals surface area (Å²) in [6.45, 7) is 4.02. The van der Waals surface area contributed by atoms with Crippen LogP contribution in [-0.4, -0.2) is 43.9 Å². The molecule has 3 nitrogen and oxygen atoms in total. The molecule has 0 saturated carbocycles. The number of halogens is 4. The average Bonchev–Trinajstić information content (AvgIpc) is 2.41. The van der Waals surface area contributed by atoms with Crippen molar-refractivity contribution in [2.75, 3.05) is 32.8 Å². The maximum Gasteiger partial charge on any atom is 0.408 e. The first kappa shape index (κ1) is 18.1. The largest absolute Gasteiger partial charge is 0.494 e. The van der Waals surface area contributed by atoms with Crippen LogP contribution in [0.2, 0.25) is 0 Å². The number of benzene rings is 1. The van der Waals surface area contributed by atoms with Crippen LogP contribution >= 0.6 is 12.4 Å². The van der Waals surface area contributed by atoms with E-state index < -0.39 is 12.2 Å². The Hall–Kier alpha value is -0.980. The first-order valence-corrected chi connectivity index (χ1v) is 6.77. The smallest absolute Gasteiger partial charge is 0.408 e. The fourth-order valence-electron chi connectivity index (χ4n) is 2.51. The lowest BCUT2D eigenvalue weighted by Crippen LogP contribution is -2.49. The second-order valence-electron chi connectivity index (χ2n) is 4.70. The van der Waals surface area contributed by atoms with Gasteiger partial charge in [-0.3, -0.25) is 4.90 Å². The first-order chi connectivity index (χ1) is 9.54. The van der Waals surface area contributed by atoms with Gasteiger partial charge in [-0.2, -0.15) is 13.2 Å². The lowest BCUT2D eigenvalue weighted by Gasteiger charge is -2.36. The minimum Gasteiger partial charge on any atom is -0.494 e. The van der Waals surface area contributed by atoms with Crippen molar-refractivity contribution in [3.8, 4) is 5.75 Å². The molecule has 7 heteroatoms. The monoisotopic (exact) mass is 324 g/mol. The number of nitrogens with zero attached hydrogens (tertiary/aromatic N) is 1. The Labute approximate surface area is 128 Å². The molecule has 1 N–H and O–H groups in total. The van der Waals surface area contributed by atoms with Crippen molar-refractivity contribution < 1.29 is 17.9 Å². The zero-order valence-electron chi connectivity index (χ0n) is 11.8. The van der Waals surface area contributed by atoms with E-state index in [0.29, 0.717) is 38.5 Å². The van der Waals surface area contributed by atoms with Gasteiger partial charge in [0.15, 0.2) is 0 Å². The van der Waals surface area contributed by atoms with E-state index in [9.17, 15) is 13.2 Å². The highest BCUT2D eigenvalue weighted by Crippen LogP contribution is 2.41. The standard InChI is InChI=1S/C14H19F3N2O.ClH/c1-2-20-12-6-4-3-5-11(12)13(14(15,16)17)19-9-7-18-8-10-19;/h3-6,13,18H,2,7-10H2,1H3;1H/t13-;/m1./s1. The third-order valence-corrected chi connectivity index (χ3v) is 3.34. The predicted octanol–water partition coefficient (Wildman–Crippen LogP) is 3.02. The second-order valence-corrected chi connectivity index (χ2v) is 4.70. The van der Waals surface area contributed by atoms with Gasteiger partial charge >= 0.3 is 6.18 Å². The quantitative estimate of drug-likeness (QED) is 0.921. The summed E-state index contributed by atoms with van der Waals surface area (Å²) in [6, 6.07) is 4.82. The van der Waals surface area contributed by atoms with Crippen LogP contribution in [0, 0.1) is 0 Å². The molecule has 21 heavy (non-hydrogen) atoms. The van der Waals surface area contributed by atoms with Crippen LogP contribution in [0.25, 0.3) is 0 Å². The van der Waals surface area contributed by atoms with Crippen LogP contribution in [0.5, 0.6) is 5.75 Å². The van der Waals surface area contributed by atoms with Crippen molar-refractivity contribution in [1.29, 1.82) is 0 Å². The molecule has 1 atom stereocenters. The van der Waals surface area contributed by atoms with Gasteiger partial charge in [0.2, 0.25) is 0 Å². The van der Waals surface area contributed by atoms with Crippen molar-refractivity contribution in [1.82, 2.24) is 10.2 Å². The number of hydrogen-bond donors (Lipinski definition) is 1. The number of rotatable bonds is 4. The molecule has 0 aromatic heterocycles. The van der Waals surface area contributed by atoms with E-state index in [-0.39, 0.29) is 18.0 Å². The topological polar surface area (TPSA) is 24.5 Å². The number of ether oxygens (including phenoxy) is 1. The van der Waals surface area contributed by atoms with Gasteiger partial charge in [0.05, 0.1) is 6.61 Å². The molecule has 0 spiro atoms. The molecule has 1 saturated heterocycles. The Bertz CT molecular complexity index is 436. The summed E-state index contributed by atoms with van der Waals surface area (Å²) in [7, 11) is 0. The van der Waals surface area contributed by atoms with E-state index in [1.807, 2.05) is 0 Å². The molecule has 0 bridgehead atoms. The number of para-hydroxylation sites is 1. The highest BCUT2D eigenvalue weighted by atomic mass is 35.5. The average molecular weight is 325 g/mol. The lowest BCUT2D eigenvalue weighted by atomic mass is 10.0. The van der Waals surface area contributed by atoms with Crippen LogP contribution < -0.4 is 10.1 Å². The van der Waals surface area contributed by atoms with Gasteiger partial charge in [-0.05, 0) is 13.0 Å². The number of hydrogen-bond acceptors (Lipinski definition) is 3. The molecule has 1 fully saturated rings. The molecule has 1 aromatic carbocycles. The molecule has 0 amide bonds. The summed E-state index contributed by atoms with van der Waals surface area (Å²) in [5.74, 6) is 0.316. The van der Waals surface area contributed by atoms with Gasteiger partial charge < -0.3 is 10.1 Å². The first-order valence-electron chi connectivity index (χ1n) is 6.77. The molecule has 1 aromatic rings. The number of nitrogens with one attached hydrogen (secondary N) is 1. The Kier molecular flexibility index (Phi) is 6.77. The molecule has 1 aliphatic heterocycles. The summed E-state index contributed by atoms with van der Waals surface area (Å²) in [5, 5.41) is 3.07. The van der Waals surface area contributed by atoms with E-state index in [2.05, 4.69) is 5.32 Å². The fourth-order valence-corrected chi connectivity index (χ4v) is 2.51. The third-order valence-electron chi connectivity index (χ3n) is 3.34. The van der Waals surface area contributed by atoms with E-state index in [1.54, 1.807) is 25.1 Å². The van der Waals surface area contributed by atoms with E-state index >= 15 is 0 Å². The van der Waals surface area contributed by atoms with Crippen molar-refractivity contribution >= 4 is 12.4 Å². The van der Waals surface area contributed by atoms with Gasteiger partial charge in [0.25, 0.3) is 0 Å². The van der Waals surface area contributed by atoms with Crippen LogP contribution in [0.4, 0.5) is 13.2 Å².